The summed E-state index contributed by atoms with van der Waals surface area (Å²) in [4.78, 5) is 4.80. The fourth-order valence-electron chi connectivity index (χ4n) is 0.805. The van der Waals surface area contributed by atoms with E-state index in [2.05, 4.69) is 15.2 Å². The Labute approximate surface area is 76.8 Å². The monoisotopic (exact) mass is 199 g/mol. The van der Waals surface area contributed by atoms with Crippen molar-refractivity contribution in [2.45, 2.75) is 0 Å². The minimum Gasteiger partial charge on any atom is -0.335 e. The summed E-state index contributed by atoms with van der Waals surface area (Å²) in [6.07, 6.45) is 1.69. The summed E-state index contributed by atoms with van der Waals surface area (Å²) < 4.78 is 1.72. The number of hydrogen-bond donors (Lipinski definition) is 2. The van der Waals surface area contributed by atoms with Gasteiger partial charge in [0.25, 0.3) is 0 Å². The molecule has 3 N–H and O–H groups in total. The van der Waals surface area contributed by atoms with Gasteiger partial charge in [-0.1, -0.05) is 0 Å². The van der Waals surface area contributed by atoms with Crippen molar-refractivity contribution in [3.05, 3.63) is 16.5 Å². The molecule has 0 bridgehead atoms. The smallest absolute Gasteiger partial charge is 0.214 e. The van der Waals surface area contributed by atoms with Crippen molar-refractivity contribution in [2.75, 3.05) is 5.84 Å². The van der Waals surface area contributed by atoms with E-state index in [1.807, 2.05) is 0 Å². The topological polar surface area (TPSA) is 72.5 Å². The van der Waals surface area contributed by atoms with E-state index in [0.717, 1.165) is 4.88 Å². The maximum Gasteiger partial charge on any atom is 0.214 e. The van der Waals surface area contributed by atoms with Crippen molar-refractivity contribution in [1.82, 2.24) is 19.9 Å². The number of aromatic amines is 1. The number of nitrogens with two attached hydrogens (primary N) is 1. The maximum atomic E-state index is 5.59. The van der Waals surface area contributed by atoms with Crippen molar-refractivity contribution in [2.24, 2.45) is 0 Å². The van der Waals surface area contributed by atoms with E-state index in [-0.39, 0.29) is 0 Å². The molecule has 0 spiro atoms. The lowest BCUT2D eigenvalue weighted by Gasteiger charge is -1.93. The Morgan fingerprint density at radius 2 is 2.50 bits per heavy atom. The van der Waals surface area contributed by atoms with Gasteiger partial charge in [-0.2, -0.15) is 5.10 Å². The third-order valence-corrected chi connectivity index (χ3v) is 2.41. The summed E-state index contributed by atoms with van der Waals surface area (Å²) in [5.74, 6) is 6.20. The van der Waals surface area contributed by atoms with Gasteiger partial charge in [0.15, 0.2) is 5.82 Å². The second-order valence-electron chi connectivity index (χ2n) is 2.09. The number of aromatic nitrogens is 4. The minimum absolute atomic E-state index is 0.401. The van der Waals surface area contributed by atoms with Crippen molar-refractivity contribution < 1.29 is 0 Å². The van der Waals surface area contributed by atoms with Gasteiger partial charge in [-0.25, -0.2) is 9.77 Å². The van der Waals surface area contributed by atoms with Crippen LogP contribution in [0.25, 0.3) is 10.7 Å². The normalized spacial score (nSPS) is 10.3. The lowest BCUT2D eigenvalue weighted by atomic mass is 10.5. The Morgan fingerprint density at radius 1 is 1.67 bits per heavy atom. The fourth-order valence-corrected chi connectivity index (χ4v) is 1.54. The quantitative estimate of drug-likeness (QED) is 0.526. The molecular formula is C5H5N5S2. The van der Waals surface area contributed by atoms with Crippen molar-refractivity contribution in [1.29, 1.82) is 0 Å². The molecule has 0 radical (unpaired) electrons. The minimum atomic E-state index is 0.401. The Kier molecular flexibility index (Phi) is 1.66. The van der Waals surface area contributed by atoms with Crippen molar-refractivity contribution >= 4 is 23.6 Å². The van der Waals surface area contributed by atoms with Crippen LogP contribution in [0.3, 0.4) is 0 Å². The summed E-state index contributed by atoms with van der Waals surface area (Å²) in [5.41, 5.74) is 1.72. The molecule has 0 unspecified atom stereocenters. The molecule has 2 aromatic rings. The van der Waals surface area contributed by atoms with E-state index < -0.39 is 0 Å². The Hall–Kier alpha value is -1.21. The highest BCUT2D eigenvalue weighted by Crippen LogP contribution is 2.18. The highest BCUT2D eigenvalue weighted by Gasteiger charge is 2.06. The van der Waals surface area contributed by atoms with Crippen LogP contribution in [-0.2, 0) is 0 Å². The Balaban J connectivity index is 2.62. The van der Waals surface area contributed by atoms with E-state index in [1.54, 1.807) is 11.7 Å². The average Bonchev–Trinajstić information content (AvgIpc) is 2.64. The van der Waals surface area contributed by atoms with Crippen LogP contribution < -0.4 is 5.84 Å². The van der Waals surface area contributed by atoms with E-state index >= 15 is 0 Å². The fraction of sp³-hybridized carbons (Fsp3) is 0. The number of nitrogens with zero attached hydrogens (tertiary/aromatic N) is 3. The number of H-pyrrole nitrogens is 1. The van der Waals surface area contributed by atoms with E-state index in [9.17, 15) is 0 Å². The summed E-state index contributed by atoms with van der Waals surface area (Å²) in [7, 11) is 0. The molecule has 0 aliphatic carbocycles. The number of thiazole rings is 1. The van der Waals surface area contributed by atoms with Crippen LogP contribution in [0.15, 0.2) is 11.7 Å². The molecule has 2 rings (SSSR count). The van der Waals surface area contributed by atoms with E-state index in [0.29, 0.717) is 10.6 Å². The van der Waals surface area contributed by atoms with Crippen molar-refractivity contribution in [3.63, 3.8) is 0 Å². The predicted octanol–water partition coefficient (Wildman–Crippen LogP) is 0.778. The van der Waals surface area contributed by atoms with Gasteiger partial charge in [-0.3, -0.25) is 4.98 Å². The lowest BCUT2D eigenvalue weighted by molar-refractivity contribution is 0.986. The van der Waals surface area contributed by atoms with E-state index in [1.165, 1.54) is 16.0 Å². The van der Waals surface area contributed by atoms with Crippen LogP contribution in [0.4, 0.5) is 0 Å². The molecule has 0 amide bonds. The maximum absolute atomic E-state index is 5.59. The predicted molar refractivity (Wildman–Crippen MR) is 48.7 cm³/mol. The number of nitrogens with one attached hydrogen (secondary N) is 1. The Bertz CT molecular complexity index is 425. The van der Waals surface area contributed by atoms with Crippen LogP contribution in [-0.4, -0.2) is 19.9 Å². The molecule has 5 nitrogen and oxygen atoms in total. The summed E-state index contributed by atoms with van der Waals surface area (Å²) in [5, 5.41) is 6.54. The molecule has 7 heteroatoms. The molecule has 0 fully saturated rings. The number of rotatable bonds is 1. The molecule has 0 aliphatic heterocycles. The second kappa shape index (κ2) is 2.68. The molecule has 2 aromatic heterocycles. The first-order valence-electron chi connectivity index (χ1n) is 3.10. The van der Waals surface area contributed by atoms with Crippen molar-refractivity contribution in [3.8, 4) is 10.7 Å². The molecular weight excluding hydrogens is 194 g/mol. The first kappa shape index (κ1) is 7.44. The standard InChI is InChI=1S/C5H5N5S2/c6-10-4(8-9-5(10)11)3-1-7-2-12-3/h1-2H,6H2,(H,9,11). The van der Waals surface area contributed by atoms with Gasteiger partial charge in [-0.15, -0.1) is 11.3 Å². The molecule has 0 saturated carbocycles. The number of hydrogen-bond acceptors (Lipinski definition) is 5. The third kappa shape index (κ3) is 1.03. The van der Waals surface area contributed by atoms with Crippen LogP contribution >= 0.6 is 23.6 Å². The van der Waals surface area contributed by atoms with Crippen LogP contribution in [0.2, 0.25) is 0 Å². The van der Waals surface area contributed by atoms with Gasteiger partial charge in [0.2, 0.25) is 4.77 Å². The zero-order valence-electron chi connectivity index (χ0n) is 5.89. The zero-order chi connectivity index (χ0) is 8.55. The highest BCUT2D eigenvalue weighted by molar-refractivity contribution is 7.71. The molecule has 0 saturated heterocycles. The van der Waals surface area contributed by atoms with Crippen LogP contribution in [0.5, 0.6) is 0 Å². The first-order valence-corrected chi connectivity index (χ1v) is 4.39. The molecule has 0 aromatic carbocycles. The SMILES string of the molecule is Nn1c(-c2cncs2)n[nH]c1=S. The van der Waals surface area contributed by atoms with Crippen LogP contribution in [0, 0.1) is 4.77 Å². The van der Waals surface area contributed by atoms with Gasteiger partial charge in [0, 0.05) is 6.20 Å². The summed E-state index contributed by atoms with van der Waals surface area (Å²) in [6, 6.07) is 0. The largest absolute Gasteiger partial charge is 0.335 e. The molecule has 0 aliphatic rings. The molecule has 62 valence electrons. The third-order valence-electron chi connectivity index (χ3n) is 1.36. The van der Waals surface area contributed by atoms with Gasteiger partial charge in [0.05, 0.1) is 10.4 Å². The number of nitrogen functional groups attached to an aromatic ring is 1. The summed E-state index contributed by atoms with van der Waals surface area (Å²) in [6.45, 7) is 0. The molecule has 12 heavy (non-hydrogen) atoms. The zero-order valence-corrected chi connectivity index (χ0v) is 7.52. The van der Waals surface area contributed by atoms with Gasteiger partial charge in [0.1, 0.15) is 0 Å². The summed E-state index contributed by atoms with van der Waals surface area (Å²) >= 11 is 6.31. The molecule has 0 atom stereocenters. The second-order valence-corrected chi connectivity index (χ2v) is 3.36. The van der Waals surface area contributed by atoms with Crippen LogP contribution in [0.1, 0.15) is 0 Å². The van der Waals surface area contributed by atoms with Gasteiger partial charge < -0.3 is 5.84 Å². The van der Waals surface area contributed by atoms with E-state index in [4.69, 9.17) is 18.1 Å². The highest BCUT2D eigenvalue weighted by atomic mass is 32.1. The first-order chi connectivity index (χ1) is 5.79. The molecule has 2 heterocycles. The average molecular weight is 199 g/mol. The van der Waals surface area contributed by atoms with Gasteiger partial charge >= 0.3 is 0 Å². The Morgan fingerprint density at radius 3 is 3.00 bits per heavy atom. The lowest BCUT2D eigenvalue weighted by Crippen LogP contribution is -2.09. The van der Waals surface area contributed by atoms with Gasteiger partial charge in [-0.05, 0) is 12.2 Å².